The number of rotatable bonds is 3. The average molecular weight is 396 g/mol. The molecule has 0 spiro atoms. The second kappa shape index (κ2) is 7.54. The normalized spacial score (nSPS) is 30.1. The monoisotopic (exact) mass is 396 g/mol. The lowest BCUT2D eigenvalue weighted by molar-refractivity contribution is -0.136. The molecule has 0 aromatic heterocycles. The van der Waals surface area contributed by atoms with Crippen molar-refractivity contribution in [2.75, 3.05) is 19.6 Å². The summed E-state index contributed by atoms with van der Waals surface area (Å²) in [5.41, 5.74) is 2.92. The Hall–Kier alpha value is -2.25. The molecule has 7 heteroatoms. The minimum atomic E-state index is -0.548. The molecule has 4 aliphatic rings. The summed E-state index contributed by atoms with van der Waals surface area (Å²) in [6.07, 6.45) is 4.46. The van der Waals surface area contributed by atoms with Crippen LogP contribution in [-0.4, -0.2) is 59.2 Å². The van der Waals surface area contributed by atoms with E-state index in [1.807, 2.05) is 6.07 Å². The van der Waals surface area contributed by atoms with Crippen LogP contribution in [0.3, 0.4) is 0 Å². The van der Waals surface area contributed by atoms with Gasteiger partial charge in [-0.05, 0) is 68.4 Å². The minimum Gasteiger partial charge on any atom is -0.322 e. The lowest BCUT2D eigenvalue weighted by Crippen LogP contribution is -2.52. The predicted octanol–water partition coefficient (Wildman–Crippen LogP) is 1.02. The summed E-state index contributed by atoms with van der Waals surface area (Å²) in [5, 5.41) is 5.89. The third-order valence-electron chi connectivity index (χ3n) is 7.03. The van der Waals surface area contributed by atoms with E-state index in [0.29, 0.717) is 24.6 Å². The summed E-state index contributed by atoms with van der Waals surface area (Å²) in [6, 6.07) is 6.23. The zero-order valence-electron chi connectivity index (χ0n) is 16.7. The second-order valence-corrected chi connectivity index (χ2v) is 8.82. The van der Waals surface area contributed by atoms with Crippen molar-refractivity contribution >= 4 is 17.7 Å². The molecular weight excluding hydrogens is 368 g/mol. The molecule has 4 aliphatic heterocycles. The number of piperidine rings is 3. The highest BCUT2D eigenvalue weighted by molar-refractivity contribution is 6.05. The molecule has 1 unspecified atom stereocenters. The van der Waals surface area contributed by atoms with E-state index in [4.69, 9.17) is 0 Å². The van der Waals surface area contributed by atoms with Crippen molar-refractivity contribution in [3.8, 4) is 0 Å². The lowest BCUT2D eigenvalue weighted by atomic mass is 9.84. The highest BCUT2D eigenvalue weighted by Crippen LogP contribution is 2.31. The molecule has 3 atom stereocenters. The number of hydrogen-bond acceptors (Lipinski definition) is 5. The number of amides is 3. The maximum absolute atomic E-state index is 12.9. The number of carbonyl (C=O) groups excluding carboxylic acids is 3. The Kier molecular flexibility index (Phi) is 4.87. The van der Waals surface area contributed by atoms with Crippen LogP contribution in [0.1, 0.15) is 53.6 Å². The molecule has 4 heterocycles. The molecule has 3 fully saturated rings. The van der Waals surface area contributed by atoms with E-state index in [1.54, 1.807) is 4.90 Å². The van der Waals surface area contributed by atoms with Gasteiger partial charge in [-0.1, -0.05) is 12.1 Å². The SMILES string of the molecule is O=C1CCC(N2Cc3cc(CN4CCC[C@H]5CNCC[C@@H]54)ccc3C2=O)C(=O)N1. The Morgan fingerprint density at radius 2 is 2.00 bits per heavy atom. The third-order valence-corrected chi connectivity index (χ3v) is 7.03. The van der Waals surface area contributed by atoms with Gasteiger partial charge in [0.1, 0.15) is 6.04 Å². The van der Waals surface area contributed by atoms with E-state index in [2.05, 4.69) is 27.7 Å². The molecule has 2 N–H and O–H groups in total. The molecule has 0 bridgehead atoms. The lowest BCUT2D eigenvalue weighted by Gasteiger charge is -2.44. The quantitative estimate of drug-likeness (QED) is 0.746. The van der Waals surface area contributed by atoms with Gasteiger partial charge in [-0.15, -0.1) is 0 Å². The molecule has 3 saturated heterocycles. The largest absolute Gasteiger partial charge is 0.322 e. The summed E-state index contributed by atoms with van der Waals surface area (Å²) < 4.78 is 0. The first-order valence-electron chi connectivity index (χ1n) is 10.8. The van der Waals surface area contributed by atoms with Gasteiger partial charge < -0.3 is 10.2 Å². The summed E-state index contributed by atoms with van der Waals surface area (Å²) in [5.74, 6) is 0.0392. The molecule has 0 aliphatic carbocycles. The molecule has 29 heavy (non-hydrogen) atoms. The van der Waals surface area contributed by atoms with Gasteiger partial charge in [0, 0.05) is 31.1 Å². The predicted molar refractivity (Wildman–Crippen MR) is 107 cm³/mol. The maximum Gasteiger partial charge on any atom is 0.255 e. The fraction of sp³-hybridized carbons (Fsp3) is 0.591. The summed E-state index contributed by atoms with van der Waals surface area (Å²) in [4.78, 5) is 40.7. The number of nitrogens with zero attached hydrogens (tertiary/aromatic N) is 2. The first kappa shape index (κ1) is 18.8. The Balaban J connectivity index is 1.31. The fourth-order valence-electron chi connectivity index (χ4n) is 5.56. The van der Waals surface area contributed by atoms with Crippen LogP contribution >= 0.6 is 0 Å². The molecule has 5 rings (SSSR count). The number of benzene rings is 1. The minimum absolute atomic E-state index is 0.0996. The van der Waals surface area contributed by atoms with E-state index in [1.165, 1.54) is 24.8 Å². The molecule has 1 aromatic carbocycles. The summed E-state index contributed by atoms with van der Waals surface area (Å²) in [7, 11) is 0. The molecule has 0 saturated carbocycles. The van der Waals surface area contributed by atoms with Gasteiger partial charge in [-0.2, -0.15) is 0 Å². The maximum atomic E-state index is 12.9. The molecular formula is C22H28N4O3. The molecule has 3 amide bonds. The summed E-state index contributed by atoms with van der Waals surface area (Å²) in [6.45, 7) is 4.73. The number of fused-ring (bicyclic) bond motifs is 2. The number of hydrogen-bond donors (Lipinski definition) is 2. The van der Waals surface area contributed by atoms with Gasteiger partial charge in [0.25, 0.3) is 5.91 Å². The van der Waals surface area contributed by atoms with Gasteiger partial charge in [-0.3, -0.25) is 24.6 Å². The van der Waals surface area contributed by atoms with Crippen LogP contribution in [-0.2, 0) is 22.7 Å². The van der Waals surface area contributed by atoms with Crippen LogP contribution in [0.4, 0.5) is 0 Å². The van der Waals surface area contributed by atoms with Crippen molar-refractivity contribution in [3.05, 3.63) is 34.9 Å². The average Bonchev–Trinajstić information content (AvgIpc) is 3.04. The first-order chi connectivity index (χ1) is 14.1. The fourth-order valence-corrected chi connectivity index (χ4v) is 5.56. The first-order valence-corrected chi connectivity index (χ1v) is 10.8. The van der Waals surface area contributed by atoms with Crippen molar-refractivity contribution in [1.29, 1.82) is 0 Å². The van der Waals surface area contributed by atoms with Gasteiger partial charge in [0.2, 0.25) is 11.8 Å². The van der Waals surface area contributed by atoms with Crippen LogP contribution in [0.15, 0.2) is 18.2 Å². The van der Waals surface area contributed by atoms with Crippen molar-refractivity contribution in [1.82, 2.24) is 20.4 Å². The number of carbonyl (C=O) groups is 3. The van der Waals surface area contributed by atoms with Crippen molar-refractivity contribution in [2.24, 2.45) is 5.92 Å². The number of nitrogens with one attached hydrogen (secondary N) is 2. The van der Waals surface area contributed by atoms with E-state index >= 15 is 0 Å². The van der Waals surface area contributed by atoms with Crippen LogP contribution in [0.5, 0.6) is 0 Å². The highest BCUT2D eigenvalue weighted by Gasteiger charge is 2.39. The molecule has 7 nitrogen and oxygen atoms in total. The molecule has 1 aromatic rings. The third kappa shape index (κ3) is 3.46. The Labute approximate surface area is 170 Å². The van der Waals surface area contributed by atoms with Crippen molar-refractivity contribution in [3.63, 3.8) is 0 Å². The number of imide groups is 1. The van der Waals surface area contributed by atoms with E-state index in [-0.39, 0.29) is 24.1 Å². The highest BCUT2D eigenvalue weighted by atomic mass is 16.2. The van der Waals surface area contributed by atoms with Gasteiger partial charge in [-0.25, -0.2) is 0 Å². The van der Waals surface area contributed by atoms with Gasteiger partial charge in [0.05, 0.1) is 0 Å². The topological polar surface area (TPSA) is 81.8 Å². The van der Waals surface area contributed by atoms with Crippen LogP contribution < -0.4 is 10.6 Å². The summed E-state index contributed by atoms with van der Waals surface area (Å²) >= 11 is 0. The zero-order valence-corrected chi connectivity index (χ0v) is 16.7. The zero-order chi connectivity index (χ0) is 20.0. The van der Waals surface area contributed by atoms with E-state index in [0.717, 1.165) is 37.7 Å². The van der Waals surface area contributed by atoms with Crippen molar-refractivity contribution in [2.45, 2.75) is 57.3 Å². The molecule has 0 radical (unpaired) electrons. The number of likely N-dealkylation sites (tertiary alicyclic amines) is 1. The second-order valence-electron chi connectivity index (χ2n) is 8.82. The Morgan fingerprint density at radius 3 is 2.86 bits per heavy atom. The standard InChI is InChI=1S/C22H28N4O3/c27-20-6-5-19(21(28)24-20)26-13-16-10-14(3-4-17(16)22(26)29)12-25-9-1-2-15-11-23-8-7-18(15)25/h3-4,10,15,18-19,23H,1-2,5-9,11-13H2,(H,24,27,28)/t15-,18-,19?/m0/s1. The van der Waals surface area contributed by atoms with Gasteiger partial charge >= 0.3 is 0 Å². The van der Waals surface area contributed by atoms with E-state index in [9.17, 15) is 14.4 Å². The molecule has 154 valence electrons. The Bertz CT molecular complexity index is 852. The van der Waals surface area contributed by atoms with E-state index < -0.39 is 6.04 Å². The van der Waals surface area contributed by atoms with Crippen LogP contribution in [0.25, 0.3) is 0 Å². The van der Waals surface area contributed by atoms with Crippen LogP contribution in [0, 0.1) is 5.92 Å². The van der Waals surface area contributed by atoms with Crippen LogP contribution in [0.2, 0.25) is 0 Å². The smallest absolute Gasteiger partial charge is 0.255 e. The van der Waals surface area contributed by atoms with Crippen molar-refractivity contribution < 1.29 is 14.4 Å². The Morgan fingerprint density at radius 1 is 1.10 bits per heavy atom. The van der Waals surface area contributed by atoms with Gasteiger partial charge in [0.15, 0.2) is 0 Å².